The monoisotopic (exact) mass is 286 g/mol. The van der Waals surface area contributed by atoms with Crippen LogP contribution in [-0.4, -0.2) is 34.7 Å². The van der Waals surface area contributed by atoms with Crippen LogP contribution in [0.5, 0.6) is 0 Å². The summed E-state index contributed by atoms with van der Waals surface area (Å²) in [5, 5.41) is 16.2. The second-order valence-corrected chi connectivity index (χ2v) is 6.85. The fourth-order valence-corrected chi connectivity index (χ4v) is 3.79. The van der Waals surface area contributed by atoms with Crippen LogP contribution < -0.4 is 0 Å². The van der Waals surface area contributed by atoms with Crippen LogP contribution in [-0.2, 0) is 0 Å². The Morgan fingerprint density at radius 2 is 2.14 bits per heavy atom. The molecule has 1 aromatic heterocycles. The summed E-state index contributed by atoms with van der Waals surface area (Å²) >= 11 is 0. The van der Waals surface area contributed by atoms with Gasteiger partial charge in [0.15, 0.2) is 0 Å². The molecule has 2 fully saturated rings. The van der Waals surface area contributed by atoms with Crippen molar-refractivity contribution in [1.29, 1.82) is 5.26 Å². The predicted octanol–water partition coefficient (Wildman–Crippen LogP) is 3.45. The minimum atomic E-state index is 0.0638. The fourth-order valence-electron chi connectivity index (χ4n) is 3.79. The highest BCUT2D eigenvalue weighted by atomic mass is 15.1. The Bertz CT molecular complexity index is 461. The van der Waals surface area contributed by atoms with Gasteiger partial charge in [-0.3, -0.25) is 5.10 Å². The number of unbranched alkanes of at least 4 members (excludes halogenated alkanes) is 1. The number of nitrogens with zero attached hydrogens (tertiary/aromatic N) is 3. The Morgan fingerprint density at radius 1 is 1.33 bits per heavy atom. The minimum Gasteiger partial charge on any atom is -0.303 e. The number of H-pyrrole nitrogens is 1. The lowest BCUT2D eigenvalue weighted by atomic mass is 9.67. The number of piperidine rings is 1. The molecule has 21 heavy (non-hydrogen) atoms. The summed E-state index contributed by atoms with van der Waals surface area (Å²) in [4.78, 5) is 2.59. The first-order valence-electron chi connectivity index (χ1n) is 8.44. The van der Waals surface area contributed by atoms with E-state index in [2.05, 4.69) is 21.2 Å². The number of hydrogen-bond donors (Lipinski definition) is 1. The Morgan fingerprint density at radius 3 is 2.71 bits per heavy atom. The van der Waals surface area contributed by atoms with Gasteiger partial charge in [-0.25, -0.2) is 0 Å². The Kier molecular flexibility index (Phi) is 4.60. The van der Waals surface area contributed by atoms with Crippen molar-refractivity contribution in [3.8, 4) is 6.07 Å². The molecule has 2 heterocycles. The van der Waals surface area contributed by atoms with Gasteiger partial charge < -0.3 is 4.90 Å². The molecule has 1 saturated heterocycles. The number of hydrogen-bond acceptors (Lipinski definition) is 3. The molecule has 1 aliphatic heterocycles. The molecule has 114 valence electrons. The van der Waals surface area contributed by atoms with Gasteiger partial charge >= 0.3 is 0 Å². The summed E-state index contributed by atoms with van der Waals surface area (Å²) in [5.74, 6) is 0.692. The molecular weight excluding hydrogens is 260 g/mol. The van der Waals surface area contributed by atoms with Gasteiger partial charge in [0.05, 0.1) is 17.7 Å². The van der Waals surface area contributed by atoms with Crippen LogP contribution in [0.3, 0.4) is 0 Å². The molecule has 0 radical (unpaired) electrons. The second kappa shape index (κ2) is 6.62. The van der Waals surface area contributed by atoms with Crippen LogP contribution in [0.25, 0.3) is 0 Å². The van der Waals surface area contributed by atoms with E-state index in [1.807, 2.05) is 12.4 Å². The van der Waals surface area contributed by atoms with Crippen molar-refractivity contribution in [1.82, 2.24) is 15.1 Å². The minimum absolute atomic E-state index is 0.0638. The topological polar surface area (TPSA) is 55.7 Å². The Hall–Kier alpha value is -1.34. The molecule has 0 unspecified atom stereocenters. The first-order valence-corrected chi connectivity index (χ1v) is 8.44. The van der Waals surface area contributed by atoms with Gasteiger partial charge in [0.25, 0.3) is 0 Å². The first kappa shape index (κ1) is 14.6. The van der Waals surface area contributed by atoms with Crippen LogP contribution in [0, 0.1) is 16.7 Å². The molecule has 0 amide bonds. The first-order chi connectivity index (χ1) is 10.3. The summed E-state index contributed by atoms with van der Waals surface area (Å²) in [7, 11) is 0. The van der Waals surface area contributed by atoms with Crippen molar-refractivity contribution in [3.63, 3.8) is 0 Å². The molecule has 1 aliphatic carbocycles. The quantitative estimate of drug-likeness (QED) is 0.815. The lowest BCUT2D eigenvalue weighted by molar-refractivity contribution is 0.177. The molecule has 0 spiro atoms. The van der Waals surface area contributed by atoms with Gasteiger partial charge in [0, 0.05) is 6.20 Å². The smallest absolute Gasteiger partial charge is 0.0689 e. The Labute approximate surface area is 127 Å². The molecule has 1 saturated carbocycles. The summed E-state index contributed by atoms with van der Waals surface area (Å²) in [6.07, 6.45) is 13.6. The van der Waals surface area contributed by atoms with Crippen molar-refractivity contribution in [2.45, 2.75) is 57.3 Å². The zero-order chi connectivity index (χ0) is 14.5. The molecule has 1 aromatic rings. The highest BCUT2D eigenvalue weighted by Gasteiger charge is 2.36. The summed E-state index contributed by atoms with van der Waals surface area (Å²) in [5.41, 5.74) is 1.43. The number of nitrogens with one attached hydrogen (secondary N) is 1. The van der Waals surface area contributed by atoms with E-state index in [4.69, 9.17) is 0 Å². The summed E-state index contributed by atoms with van der Waals surface area (Å²) in [6, 6.07) is 2.55. The lowest BCUT2D eigenvalue weighted by Gasteiger charge is -2.35. The zero-order valence-corrected chi connectivity index (χ0v) is 12.9. The number of nitriles is 1. The maximum Gasteiger partial charge on any atom is 0.0689 e. The highest BCUT2D eigenvalue weighted by molar-refractivity contribution is 5.11. The van der Waals surface area contributed by atoms with Crippen LogP contribution in [0.4, 0.5) is 0 Å². The molecule has 3 rings (SSSR count). The molecule has 1 N–H and O–H groups in total. The average molecular weight is 286 g/mol. The van der Waals surface area contributed by atoms with Gasteiger partial charge in [0.1, 0.15) is 0 Å². The normalized spacial score (nSPS) is 22.6. The summed E-state index contributed by atoms with van der Waals surface area (Å²) < 4.78 is 0. The molecule has 0 bridgehead atoms. The third-order valence-electron chi connectivity index (χ3n) is 5.51. The Balaban J connectivity index is 1.32. The largest absolute Gasteiger partial charge is 0.303 e. The van der Waals surface area contributed by atoms with Crippen LogP contribution in [0.1, 0.15) is 62.8 Å². The van der Waals surface area contributed by atoms with E-state index in [0.29, 0.717) is 5.92 Å². The zero-order valence-electron chi connectivity index (χ0n) is 12.9. The molecule has 4 nitrogen and oxygen atoms in total. The van der Waals surface area contributed by atoms with Crippen LogP contribution >= 0.6 is 0 Å². The van der Waals surface area contributed by atoms with E-state index in [9.17, 15) is 5.26 Å². The molecule has 2 aliphatic rings. The van der Waals surface area contributed by atoms with E-state index in [-0.39, 0.29) is 5.41 Å². The number of aromatic amines is 1. The number of rotatable bonds is 6. The molecule has 0 aromatic carbocycles. The van der Waals surface area contributed by atoms with Gasteiger partial charge in [-0.1, -0.05) is 12.8 Å². The van der Waals surface area contributed by atoms with E-state index in [1.54, 1.807) is 0 Å². The predicted molar refractivity (Wildman–Crippen MR) is 82.8 cm³/mol. The van der Waals surface area contributed by atoms with Crippen molar-refractivity contribution < 1.29 is 0 Å². The second-order valence-electron chi connectivity index (χ2n) is 6.85. The molecule has 4 heteroatoms. The maximum atomic E-state index is 9.24. The SMILES string of the molecule is N#CC1(CCCCN2CCC(c3cn[nH]c3)CC2)CCC1. The van der Waals surface area contributed by atoms with E-state index < -0.39 is 0 Å². The standard InChI is InChI=1S/C17H26N4/c18-14-17(7-3-8-17)6-1-2-9-21-10-4-15(5-11-21)16-12-19-20-13-16/h12-13,15H,1-11H2,(H,19,20). The van der Waals surface area contributed by atoms with Crippen molar-refractivity contribution in [2.24, 2.45) is 5.41 Å². The third kappa shape index (κ3) is 3.47. The van der Waals surface area contributed by atoms with E-state index in [0.717, 1.165) is 19.3 Å². The van der Waals surface area contributed by atoms with Gasteiger partial charge in [0.2, 0.25) is 0 Å². The van der Waals surface area contributed by atoms with E-state index in [1.165, 1.54) is 57.3 Å². The van der Waals surface area contributed by atoms with E-state index >= 15 is 0 Å². The van der Waals surface area contributed by atoms with Crippen molar-refractivity contribution in [3.05, 3.63) is 18.0 Å². The van der Waals surface area contributed by atoms with Gasteiger partial charge in [-0.2, -0.15) is 10.4 Å². The molecule has 0 atom stereocenters. The highest BCUT2D eigenvalue weighted by Crippen LogP contribution is 2.44. The fraction of sp³-hybridized carbons (Fsp3) is 0.765. The van der Waals surface area contributed by atoms with Crippen LogP contribution in [0.2, 0.25) is 0 Å². The van der Waals surface area contributed by atoms with Crippen molar-refractivity contribution in [2.75, 3.05) is 19.6 Å². The summed E-state index contributed by atoms with van der Waals surface area (Å²) in [6.45, 7) is 3.62. The molecular formula is C17H26N4. The lowest BCUT2D eigenvalue weighted by Crippen LogP contribution is -2.34. The number of likely N-dealkylation sites (tertiary alicyclic amines) is 1. The van der Waals surface area contributed by atoms with Crippen LogP contribution in [0.15, 0.2) is 12.4 Å². The van der Waals surface area contributed by atoms with Gasteiger partial charge in [-0.05, 0) is 69.6 Å². The number of aromatic nitrogens is 2. The maximum absolute atomic E-state index is 9.24. The average Bonchev–Trinajstić information content (AvgIpc) is 3.01. The third-order valence-corrected chi connectivity index (χ3v) is 5.51. The van der Waals surface area contributed by atoms with Gasteiger partial charge in [-0.15, -0.1) is 0 Å². The van der Waals surface area contributed by atoms with Crippen molar-refractivity contribution >= 4 is 0 Å².